The van der Waals surface area contributed by atoms with Crippen molar-refractivity contribution in [3.05, 3.63) is 64.1 Å². The monoisotopic (exact) mass is 337 g/mol. The lowest BCUT2D eigenvalue weighted by molar-refractivity contribution is 0.419. The molecule has 2 aromatic rings. The van der Waals surface area contributed by atoms with Gasteiger partial charge in [-0.2, -0.15) is 0 Å². The molecule has 1 heterocycles. The summed E-state index contributed by atoms with van der Waals surface area (Å²) in [4.78, 5) is 0. The van der Waals surface area contributed by atoms with Crippen LogP contribution < -0.4 is 10.3 Å². The molecule has 6 heteroatoms. The highest BCUT2D eigenvalue weighted by molar-refractivity contribution is 7.80. The summed E-state index contributed by atoms with van der Waals surface area (Å²) in [5.41, 5.74) is 2.09. The summed E-state index contributed by atoms with van der Waals surface area (Å²) in [6, 6.07) is 15.6. The average Bonchev–Trinajstić information content (AvgIpc) is 2.80. The molecular weight excluding hydrogens is 325 g/mol. The minimum absolute atomic E-state index is 0.600. The number of thiocarbonyl (C=S) groups is 1. The molecule has 1 fully saturated rings. The van der Waals surface area contributed by atoms with Crippen molar-refractivity contribution in [2.45, 2.75) is 6.54 Å². The Bertz CT molecular complexity index is 643. The Kier molecular flexibility index (Phi) is 4.19. The van der Waals surface area contributed by atoms with Gasteiger partial charge in [0.2, 0.25) is 0 Å². The topological polar surface area (TPSA) is 18.5 Å². The van der Waals surface area contributed by atoms with E-state index in [1.54, 1.807) is 6.07 Å². The summed E-state index contributed by atoms with van der Waals surface area (Å²) in [6.45, 7) is 1.29. The first-order valence-corrected chi connectivity index (χ1v) is 7.63. The van der Waals surface area contributed by atoms with Crippen LogP contribution in [0.1, 0.15) is 5.56 Å². The fourth-order valence-electron chi connectivity index (χ4n) is 2.26. The number of hydrogen-bond acceptors (Lipinski definition) is 2. The lowest BCUT2D eigenvalue weighted by Gasteiger charge is -2.29. The van der Waals surface area contributed by atoms with Gasteiger partial charge in [-0.25, -0.2) is 0 Å². The molecule has 0 unspecified atom stereocenters. The van der Waals surface area contributed by atoms with Crippen LogP contribution in [0, 0.1) is 0 Å². The third-order valence-corrected chi connectivity index (χ3v) is 4.02. The molecule has 2 aromatic carbocycles. The van der Waals surface area contributed by atoms with Gasteiger partial charge < -0.3 is 5.32 Å². The van der Waals surface area contributed by atoms with Gasteiger partial charge in [0, 0.05) is 10.0 Å². The summed E-state index contributed by atoms with van der Waals surface area (Å²) < 4.78 is 0. The molecule has 0 bridgehead atoms. The molecule has 21 heavy (non-hydrogen) atoms. The van der Waals surface area contributed by atoms with Crippen molar-refractivity contribution < 1.29 is 0 Å². The van der Waals surface area contributed by atoms with Crippen LogP contribution in [0.15, 0.2) is 48.5 Å². The Morgan fingerprint density at radius 1 is 1.05 bits per heavy atom. The highest BCUT2D eigenvalue weighted by Gasteiger charge is 2.26. The zero-order chi connectivity index (χ0) is 14.8. The van der Waals surface area contributed by atoms with Crippen molar-refractivity contribution in [3.8, 4) is 0 Å². The van der Waals surface area contributed by atoms with Gasteiger partial charge in [0.25, 0.3) is 0 Å². The quantitative estimate of drug-likeness (QED) is 0.851. The molecule has 3 nitrogen and oxygen atoms in total. The second-order valence-electron chi connectivity index (χ2n) is 4.71. The number of nitrogens with zero attached hydrogens (tertiary/aromatic N) is 2. The van der Waals surface area contributed by atoms with Crippen LogP contribution in [0.25, 0.3) is 0 Å². The molecular formula is C15H13Cl2N3S. The van der Waals surface area contributed by atoms with Crippen LogP contribution in [0.4, 0.5) is 5.69 Å². The molecule has 0 spiro atoms. The molecule has 0 aliphatic carbocycles. The van der Waals surface area contributed by atoms with Crippen LogP contribution in [-0.4, -0.2) is 16.8 Å². The first kappa shape index (κ1) is 14.4. The second kappa shape index (κ2) is 6.10. The fourth-order valence-corrected chi connectivity index (χ4v) is 3.00. The Morgan fingerprint density at radius 2 is 1.71 bits per heavy atom. The summed E-state index contributed by atoms with van der Waals surface area (Å²) in [6.07, 6.45) is 0. The highest BCUT2D eigenvalue weighted by atomic mass is 35.5. The molecule has 0 saturated carbocycles. The van der Waals surface area contributed by atoms with Crippen molar-refractivity contribution >= 4 is 46.2 Å². The van der Waals surface area contributed by atoms with Gasteiger partial charge in [0.15, 0.2) is 5.11 Å². The Morgan fingerprint density at radius 3 is 2.38 bits per heavy atom. The first-order valence-electron chi connectivity index (χ1n) is 6.46. The van der Waals surface area contributed by atoms with E-state index >= 15 is 0 Å². The normalized spacial score (nSPS) is 14.5. The van der Waals surface area contributed by atoms with E-state index in [1.807, 2.05) is 40.3 Å². The maximum absolute atomic E-state index is 6.09. The fraction of sp³-hybridized carbons (Fsp3) is 0.133. The van der Waals surface area contributed by atoms with Gasteiger partial charge in [-0.3, -0.25) is 10.0 Å². The van der Waals surface area contributed by atoms with Crippen LogP contribution in [-0.2, 0) is 6.54 Å². The molecule has 1 N–H and O–H groups in total. The maximum Gasteiger partial charge on any atom is 0.189 e. The van der Waals surface area contributed by atoms with Gasteiger partial charge in [0.05, 0.1) is 12.2 Å². The lowest BCUT2D eigenvalue weighted by Crippen LogP contribution is -2.38. The number of nitrogens with one attached hydrogen (secondary N) is 1. The molecule has 1 aliphatic rings. The number of benzene rings is 2. The van der Waals surface area contributed by atoms with E-state index in [9.17, 15) is 0 Å². The molecule has 1 saturated heterocycles. The average molecular weight is 338 g/mol. The minimum atomic E-state index is 0.600. The molecule has 0 radical (unpaired) electrons. The van der Waals surface area contributed by atoms with E-state index in [-0.39, 0.29) is 0 Å². The summed E-state index contributed by atoms with van der Waals surface area (Å²) in [5.74, 6) is 0. The van der Waals surface area contributed by atoms with E-state index in [1.165, 1.54) is 5.56 Å². The third-order valence-electron chi connectivity index (χ3n) is 3.23. The van der Waals surface area contributed by atoms with Crippen LogP contribution in [0.5, 0.6) is 0 Å². The van der Waals surface area contributed by atoms with Crippen molar-refractivity contribution in [1.29, 1.82) is 0 Å². The Labute approximate surface area is 139 Å². The zero-order valence-electron chi connectivity index (χ0n) is 11.1. The Hall–Kier alpha value is -1.49. The summed E-state index contributed by atoms with van der Waals surface area (Å²) in [5, 5.41) is 9.12. The molecule has 1 aliphatic heterocycles. The van der Waals surface area contributed by atoms with Crippen molar-refractivity contribution in [1.82, 2.24) is 10.3 Å². The van der Waals surface area contributed by atoms with Gasteiger partial charge in [-0.1, -0.05) is 53.5 Å². The van der Waals surface area contributed by atoms with E-state index in [0.717, 1.165) is 5.69 Å². The summed E-state index contributed by atoms with van der Waals surface area (Å²) in [7, 11) is 0. The number of hydrogen-bond donors (Lipinski definition) is 1. The summed E-state index contributed by atoms with van der Waals surface area (Å²) >= 11 is 17.6. The van der Waals surface area contributed by atoms with Gasteiger partial charge in [-0.15, -0.1) is 0 Å². The Balaban J connectivity index is 1.88. The standard InChI is InChI=1S/C15H13Cl2N3S/c16-12-6-13(17)8-14(7-12)20-10-18-15(21)19(20)9-11-4-2-1-3-5-11/h1-8H,9-10H2,(H,18,21). The third kappa shape index (κ3) is 3.23. The molecule has 0 atom stereocenters. The lowest BCUT2D eigenvalue weighted by atomic mass is 10.2. The number of anilines is 1. The highest BCUT2D eigenvalue weighted by Crippen LogP contribution is 2.28. The van der Waals surface area contributed by atoms with E-state index in [2.05, 4.69) is 17.4 Å². The van der Waals surface area contributed by atoms with Crippen LogP contribution >= 0.6 is 35.4 Å². The SMILES string of the molecule is S=C1NCN(c2cc(Cl)cc(Cl)c2)N1Cc1ccccc1. The van der Waals surface area contributed by atoms with Gasteiger partial charge in [-0.05, 0) is 36.0 Å². The van der Waals surface area contributed by atoms with Gasteiger partial charge in [0.1, 0.15) is 6.67 Å². The maximum atomic E-state index is 6.09. The predicted molar refractivity (Wildman–Crippen MR) is 91.5 cm³/mol. The number of hydrazine groups is 1. The van der Waals surface area contributed by atoms with Crippen molar-refractivity contribution in [2.75, 3.05) is 11.7 Å². The first-order chi connectivity index (χ1) is 10.1. The predicted octanol–water partition coefficient (Wildman–Crippen LogP) is 4.06. The number of halogens is 2. The van der Waals surface area contributed by atoms with Crippen molar-refractivity contribution in [2.24, 2.45) is 0 Å². The smallest absolute Gasteiger partial charge is 0.189 e. The van der Waals surface area contributed by atoms with E-state index in [4.69, 9.17) is 35.4 Å². The molecule has 0 aromatic heterocycles. The number of rotatable bonds is 3. The van der Waals surface area contributed by atoms with Crippen LogP contribution in [0.3, 0.4) is 0 Å². The van der Waals surface area contributed by atoms with Crippen LogP contribution in [0.2, 0.25) is 10.0 Å². The second-order valence-corrected chi connectivity index (χ2v) is 5.97. The molecule has 0 amide bonds. The minimum Gasteiger partial charge on any atom is -0.342 e. The molecule has 108 valence electrons. The van der Waals surface area contributed by atoms with Crippen molar-refractivity contribution in [3.63, 3.8) is 0 Å². The zero-order valence-corrected chi connectivity index (χ0v) is 13.4. The van der Waals surface area contributed by atoms with Gasteiger partial charge >= 0.3 is 0 Å². The van der Waals surface area contributed by atoms with E-state index in [0.29, 0.717) is 28.4 Å². The molecule has 3 rings (SSSR count). The van der Waals surface area contributed by atoms with E-state index < -0.39 is 0 Å². The largest absolute Gasteiger partial charge is 0.342 e.